The van der Waals surface area contributed by atoms with Crippen LogP contribution in [0, 0.1) is 5.92 Å². The Hall–Kier alpha value is -3.08. The summed E-state index contributed by atoms with van der Waals surface area (Å²) in [6.45, 7) is 2.82. The monoisotopic (exact) mass is 510 g/mol. The van der Waals surface area contributed by atoms with Gasteiger partial charge in [-0.25, -0.2) is 4.98 Å². The molecule has 35 heavy (non-hydrogen) atoms. The Morgan fingerprint density at radius 1 is 1.20 bits per heavy atom. The summed E-state index contributed by atoms with van der Waals surface area (Å²) in [5, 5.41) is 4.21. The Bertz CT molecular complexity index is 1230. The number of nitrogens with zero attached hydrogens (tertiary/aromatic N) is 3. The van der Waals surface area contributed by atoms with Crippen LogP contribution in [0.25, 0.3) is 0 Å². The summed E-state index contributed by atoms with van der Waals surface area (Å²) < 4.78 is 5.87. The van der Waals surface area contributed by atoms with Gasteiger partial charge in [-0.05, 0) is 55.9 Å². The van der Waals surface area contributed by atoms with Crippen LogP contribution in [0.1, 0.15) is 51.1 Å². The average molecular weight is 511 g/mol. The van der Waals surface area contributed by atoms with Gasteiger partial charge in [-0.3, -0.25) is 19.3 Å². The third-order valence-corrected chi connectivity index (χ3v) is 8.13. The zero-order chi connectivity index (χ0) is 24.4. The van der Waals surface area contributed by atoms with E-state index in [9.17, 15) is 14.4 Å². The number of thiazole rings is 1. The van der Waals surface area contributed by atoms with E-state index in [0.717, 1.165) is 32.4 Å². The molecule has 3 aromatic rings. The summed E-state index contributed by atoms with van der Waals surface area (Å²) in [4.78, 5) is 47.0. The predicted molar refractivity (Wildman–Crippen MR) is 135 cm³/mol. The van der Waals surface area contributed by atoms with E-state index >= 15 is 0 Å². The minimum absolute atomic E-state index is 0.109. The number of nitrogens with two attached hydrogens (primary N) is 1. The molecule has 0 saturated carbocycles. The molecule has 4 heterocycles. The van der Waals surface area contributed by atoms with Gasteiger partial charge in [0.2, 0.25) is 17.8 Å². The van der Waals surface area contributed by atoms with Gasteiger partial charge >= 0.3 is 0 Å². The first kappa shape index (κ1) is 23.7. The second-order valence-corrected chi connectivity index (χ2v) is 10.5. The molecule has 8 nitrogen and oxygen atoms in total. The van der Waals surface area contributed by atoms with Crippen LogP contribution in [0.5, 0.6) is 5.75 Å². The van der Waals surface area contributed by atoms with E-state index in [1.54, 1.807) is 28.5 Å². The predicted octanol–water partition coefficient (Wildman–Crippen LogP) is 3.76. The van der Waals surface area contributed by atoms with Crippen LogP contribution in [0.15, 0.2) is 47.2 Å². The number of thiophene rings is 1. The topological polar surface area (TPSA) is 106 Å². The van der Waals surface area contributed by atoms with Gasteiger partial charge in [0.1, 0.15) is 11.4 Å². The van der Waals surface area contributed by atoms with Gasteiger partial charge in [0.15, 0.2) is 5.13 Å². The second kappa shape index (κ2) is 10.3. The number of piperidine rings is 1. The minimum atomic E-state index is -0.796. The minimum Gasteiger partial charge on any atom is -0.475 e. The highest BCUT2D eigenvalue weighted by molar-refractivity contribution is 7.14. The number of aromatic nitrogens is 1. The molecule has 1 saturated heterocycles. The third kappa shape index (κ3) is 5.00. The van der Waals surface area contributed by atoms with E-state index in [-0.39, 0.29) is 23.5 Å². The molecule has 2 aromatic heterocycles. The molecule has 2 amide bonds. The number of Topliss-reactive ketones (excluding diaryl/α,β-unsaturated/α-hetero) is 1. The fraction of sp³-hybridized carbons (Fsp3) is 0.360. The Kier molecular flexibility index (Phi) is 6.94. The lowest BCUT2D eigenvalue weighted by Gasteiger charge is -2.31. The van der Waals surface area contributed by atoms with Crippen molar-refractivity contribution < 1.29 is 19.1 Å². The van der Waals surface area contributed by atoms with Crippen molar-refractivity contribution in [1.82, 2.24) is 9.88 Å². The number of ketones is 1. The van der Waals surface area contributed by atoms with Crippen molar-refractivity contribution in [3.63, 3.8) is 0 Å². The first-order valence-corrected chi connectivity index (χ1v) is 13.4. The van der Waals surface area contributed by atoms with E-state index in [0.29, 0.717) is 40.1 Å². The highest BCUT2D eigenvalue weighted by Crippen LogP contribution is 2.38. The van der Waals surface area contributed by atoms with E-state index in [1.807, 2.05) is 23.6 Å². The van der Waals surface area contributed by atoms with Crippen LogP contribution in [0.4, 0.5) is 5.13 Å². The number of amides is 2. The summed E-state index contributed by atoms with van der Waals surface area (Å²) in [6.07, 6.45) is 1.71. The number of rotatable bonds is 8. The number of carbonyl (C=O) groups excluding carboxylic acids is 3. The summed E-state index contributed by atoms with van der Waals surface area (Å²) in [7, 11) is 0. The quantitative estimate of drug-likeness (QED) is 0.495. The number of fused-ring (bicyclic) bond motifs is 1. The van der Waals surface area contributed by atoms with Crippen molar-refractivity contribution in [2.24, 2.45) is 11.7 Å². The third-order valence-electron chi connectivity index (χ3n) is 6.39. The maximum Gasteiger partial charge on any atom is 0.270 e. The zero-order valence-electron chi connectivity index (χ0n) is 19.1. The lowest BCUT2D eigenvalue weighted by molar-refractivity contribution is -0.123. The van der Waals surface area contributed by atoms with E-state index in [2.05, 4.69) is 9.88 Å². The largest absolute Gasteiger partial charge is 0.475 e. The maximum atomic E-state index is 13.3. The fourth-order valence-corrected chi connectivity index (χ4v) is 6.10. The smallest absolute Gasteiger partial charge is 0.270 e. The first-order chi connectivity index (χ1) is 17.0. The molecule has 0 spiro atoms. The summed E-state index contributed by atoms with van der Waals surface area (Å²) in [6, 6.07) is 10.8. The molecule has 2 unspecified atom stereocenters. The van der Waals surface area contributed by atoms with Crippen molar-refractivity contribution in [3.8, 4) is 5.75 Å². The van der Waals surface area contributed by atoms with Gasteiger partial charge in [0.05, 0.1) is 16.4 Å². The lowest BCUT2D eigenvalue weighted by Crippen LogP contribution is -2.42. The van der Waals surface area contributed by atoms with Gasteiger partial charge in [0.25, 0.3) is 5.91 Å². The molecule has 10 heteroatoms. The number of likely N-dealkylation sites (tertiary alicyclic amines) is 1. The second-order valence-electron chi connectivity index (χ2n) is 8.74. The Morgan fingerprint density at radius 2 is 2.06 bits per heavy atom. The van der Waals surface area contributed by atoms with Gasteiger partial charge in [-0.2, -0.15) is 0 Å². The molecule has 2 atom stereocenters. The van der Waals surface area contributed by atoms with Crippen LogP contribution in [0.3, 0.4) is 0 Å². The van der Waals surface area contributed by atoms with Crippen molar-refractivity contribution in [1.29, 1.82) is 0 Å². The zero-order valence-corrected chi connectivity index (χ0v) is 20.7. The highest BCUT2D eigenvalue weighted by Gasteiger charge is 2.36. The molecule has 0 bridgehead atoms. The first-order valence-electron chi connectivity index (χ1n) is 11.6. The van der Waals surface area contributed by atoms with Gasteiger partial charge < -0.3 is 15.4 Å². The lowest BCUT2D eigenvalue weighted by atomic mass is 9.97. The van der Waals surface area contributed by atoms with Crippen LogP contribution >= 0.6 is 22.7 Å². The van der Waals surface area contributed by atoms with Crippen molar-refractivity contribution in [2.45, 2.75) is 25.4 Å². The molecule has 1 fully saturated rings. The number of ether oxygens (including phenoxy) is 1. The van der Waals surface area contributed by atoms with Crippen LogP contribution in [-0.2, 0) is 4.79 Å². The van der Waals surface area contributed by atoms with Crippen molar-refractivity contribution in [2.75, 3.05) is 31.1 Å². The Labute approximate surface area is 211 Å². The standard InChI is InChI=1S/C25H26N4O4S2/c26-23(31)16-6-3-10-28(14-16)11-5-12-29(24(32)20-9-4-13-34-20)25-27-18(15-35-25)22-21(30)17-7-1-2-8-19(17)33-22/h1-2,4,7-9,13,15-16,22H,3,5-6,10-12,14H2,(H2,26,31). The molecule has 2 aliphatic heterocycles. The summed E-state index contributed by atoms with van der Waals surface area (Å²) in [5.41, 5.74) is 6.57. The number of hydrogen-bond acceptors (Lipinski definition) is 8. The molecular formula is C25H26N4O4S2. The maximum absolute atomic E-state index is 13.3. The van der Waals surface area contributed by atoms with E-state index in [4.69, 9.17) is 10.5 Å². The van der Waals surface area contributed by atoms with Gasteiger partial charge in [-0.15, -0.1) is 22.7 Å². The van der Waals surface area contributed by atoms with Crippen molar-refractivity contribution >= 4 is 45.4 Å². The summed E-state index contributed by atoms with van der Waals surface area (Å²) >= 11 is 2.72. The van der Waals surface area contributed by atoms with Crippen molar-refractivity contribution in [3.05, 3.63) is 63.3 Å². The molecule has 1 aromatic carbocycles. The Balaban J connectivity index is 1.30. The molecule has 182 valence electrons. The molecule has 5 rings (SSSR count). The van der Waals surface area contributed by atoms with Gasteiger partial charge in [-0.1, -0.05) is 18.2 Å². The highest BCUT2D eigenvalue weighted by atomic mass is 32.1. The number of carbonyl (C=O) groups is 3. The number of hydrogen-bond donors (Lipinski definition) is 1. The Morgan fingerprint density at radius 3 is 2.83 bits per heavy atom. The molecule has 2 aliphatic rings. The number of primary amides is 1. The number of para-hydroxylation sites is 1. The average Bonchev–Trinajstić information content (AvgIpc) is 3.63. The molecular weight excluding hydrogens is 484 g/mol. The van der Waals surface area contributed by atoms with Crippen LogP contribution in [0.2, 0.25) is 0 Å². The SMILES string of the molecule is NC(=O)C1CCCN(CCCN(C(=O)c2cccs2)c2nc(C3Oc4ccccc4C3=O)cs2)C1. The number of benzene rings is 1. The van der Waals surface area contributed by atoms with Crippen LogP contribution < -0.4 is 15.4 Å². The fourth-order valence-electron chi connectivity index (χ4n) is 4.57. The number of anilines is 1. The summed E-state index contributed by atoms with van der Waals surface area (Å²) in [5.74, 6) is -0.0360. The van der Waals surface area contributed by atoms with Gasteiger partial charge in [0, 0.05) is 18.5 Å². The normalized spacial score (nSPS) is 19.8. The van der Waals surface area contributed by atoms with E-state index < -0.39 is 6.10 Å². The molecule has 0 radical (unpaired) electrons. The van der Waals surface area contributed by atoms with E-state index in [1.165, 1.54) is 22.7 Å². The molecule has 2 N–H and O–H groups in total. The van der Waals surface area contributed by atoms with Crippen LogP contribution in [-0.4, -0.2) is 53.7 Å². The molecule has 0 aliphatic carbocycles.